The molecule has 1 aromatic carbocycles. The van der Waals surface area contributed by atoms with E-state index in [1.807, 2.05) is 0 Å². The van der Waals surface area contributed by atoms with E-state index in [1.165, 1.54) is 18.2 Å². The molecule has 7 heteroatoms. The van der Waals surface area contributed by atoms with Gasteiger partial charge in [-0.25, -0.2) is 0 Å². The van der Waals surface area contributed by atoms with Gasteiger partial charge >= 0.3 is 0 Å². The highest BCUT2D eigenvalue weighted by Crippen LogP contribution is 2.28. The van der Waals surface area contributed by atoms with Crippen LogP contribution in [-0.2, 0) is 0 Å². The molecule has 94 valence electrons. The van der Waals surface area contributed by atoms with E-state index >= 15 is 0 Å². The smallest absolute Gasteiger partial charge is 0.292 e. The van der Waals surface area contributed by atoms with E-state index in [1.54, 1.807) is 7.05 Å². The van der Waals surface area contributed by atoms with E-state index in [2.05, 4.69) is 5.32 Å². The van der Waals surface area contributed by atoms with Gasteiger partial charge in [-0.1, -0.05) is 0 Å². The van der Waals surface area contributed by atoms with Crippen LogP contribution in [0.15, 0.2) is 18.2 Å². The monoisotopic (exact) mass is 242 g/mol. The molecule has 7 nitrogen and oxygen atoms in total. The molecule has 0 saturated heterocycles. The van der Waals surface area contributed by atoms with Gasteiger partial charge in [0, 0.05) is 19.2 Å². The van der Waals surface area contributed by atoms with Crippen LogP contribution in [-0.4, -0.2) is 41.5 Å². The Labute approximate surface area is 97.8 Å². The van der Waals surface area contributed by atoms with Crippen molar-refractivity contribution in [1.29, 1.82) is 0 Å². The van der Waals surface area contributed by atoms with Gasteiger partial charge in [0.1, 0.15) is 24.1 Å². The van der Waals surface area contributed by atoms with Crippen molar-refractivity contribution in [2.75, 3.05) is 25.6 Å². The van der Waals surface area contributed by atoms with Crippen LogP contribution in [0.4, 0.5) is 11.4 Å². The van der Waals surface area contributed by atoms with Gasteiger partial charge in [0.15, 0.2) is 0 Å². The van der Waals surface area contributed by atoms with Crippen LogP contribution in [0.1, 0.15) is 0 Å². The molecule has 0 amide bonds. The molecule has 0 radical (unpaired) electrons. The number of benzene rings is 1. The van der Waals surface area contributed by atoms with E-state index < -0.39 is 17.6 Å². The van der Waals surface area contributed by atoms with Gasteiger partial charge in [-0.2, -0.15) is 0 Å². The molecule has 0 fully saturated rings. The Morgan fingerprint density at radius 2 is 2.29 bits per heavy atom. The molecule has 0 unspecified atom stereocenters. The fourth-order valence-electron chi connectivity index (χ4n) is 1.21. The number of nitro groups is 1. The van der Waals surface area contributed by atoms with Crippen LogP contribution >= 0.6 is 0 Å². The molecule has 0 heterocycles. The zero-order valence-corrected chi connectivity index (χ0v) is 9.29. The second-order valence-electron chi connectivity index (χ2n) is 3.33. The van der Waals surface area contributed by atoms with Crippen LogP contribution < -0.4 is 10.1 Å². The molecule has 0 saturated carbocycles. The summed E-state index contributed by atoms with van der Waals surface area (Å²) < 4.78 is 5.16. The van der Waals surface area contributed by atoms with Crippen LogP contribution in [0.2, 0.25) is 0 Å². The van der Waals surface area contributed by atoms with Gasteiger partial charge in [-0.15, -0.1) is 0 Å². The Kier molecular flexibility index (Phi) is 4.68. The standard InChI is InChI=1S/C10H14N2O5/c1-11-9-4-8(17-6-7(14)5-13)2-3-10(9)12(15)16/h2-4,7,11,13-14H,5-6H2,1H3/t7-/m0/s1. The first-order valence-electron chi connectivity index (χ1n) is 4.96. The van der Waals surface area contributed by atoms with Crippen molar-refractivity contribution >= 4 is 11.4 Å². The zero-order chi connectivity index (χ0) is 12.8. The summed E-state index contributed by atoms with van der Waals surface area (Å²) in [6.07, 6.45) is -0.969. The highest BCUT2D eigenvalue weighted by molar-refractivity contribution is 5.63. The summed E-state index contributed by atoms with van der Waals surface area (Å²) in [7, 11) is 1.56. The zero-order valence-electron chi connectivity index (χ0n) is 9.29. The van der Waals surface area contributed by atoms with Gasteiger partial charge in [-0.3, -0.25) is 10.1 Å². The molecule has 1 atom stereocenters. The van der Waals surface area contributed by atoms with Crippen LogP contribution in [0, 0.1) is 10.1 Å². The minimum atomic E-state index is -0.969. The summed E-state index contributed by atoms with van der Waals surface area (Å²) in [4.78, 5) is 10.2. The van der Waals surface area contributed by atoms with Gasteiger partial charge in [0.2, 0.25) is 0 Å². The Morgan fingerprint density at radius 3 is 2.82 bits per heavy atom. The van der Waals surface area contributed by atoms with Crippen molar-refractivity contribution in [3.05, 3.63) is 28.3 Å². The lowest BCUT2D eigenvalue weighted by atomic mass is 10.2. The van der Waals surface area contributed by atoms with Crippen LogP contribution in [0.3, 0.4) is 0 Å². The van der Waals surface area contributed by atoms with Gasteiger partial charge < -0.3 is 20.3 Å². The molecular formula is C10H14N2O5. The normalized spacial score (nSPS) is 11.9. The fraction of sp³-hybridized carbons (Fsp3) is 0.400. The van der Waals surface area contributed by atoms with Crippen molar-refractivity contribution in [3.63, 3.8) is 0 Å². The third-order valence-corrected chi connectivity index (χ3v) is 2.09. The molecule has 0 aliphatic rings. The van der Waals surface area contributed by atoms with Crippen molar-refractivity contribution in [2.45, 2.75) is 6.10 Å². The van der Waals surface area contributed by atoms with E-state index in [0.717, 1.165) is 0 Å². The minimum Gasteiger partial charge on any atom is -0.491 e. The largest absolute Gasteiger partial charge is 0.491 e. The lowest BCUT2D eigenvalue weighted by Crippen LogP contribution is -2.21. The summed E-state index contributed by atoms with van der Waals surface area (Å²) in [5.74, 6) is 0.382. The number of hydrogen-bond acceptors (Lipinski definition) is 6. The maximum absolute atomic E-state index is 10.7. The summed E-state index contributed by atoms with van der Waals surface area (Å²) >= 11 is 0. The van der Waals surface area contributed by atoms with Gasteiger partial charge in [0.25, 0.3) is 5.69 Å². The van der Waals surface area contributed by atoms with Crippen molar-refractivity contribution in [3.8, 4) is 5.75 Å². The van der Waals surface area contributed by atoms with E-state index in [-0.39, 0.29) is 12.3 Å². The predicted octanol–water partition coefficient (Wildman–Crippen LogP) is 0.368. The molecule has 1 rings (SSSR count). The van der Waals surface area contributed by atoms with Crippen LogP contribution in [0.5, 0.6) is 5.75 Å². The van der Waals surface area contributed by atoms with E-state index in [9.17, 15) is 10.1 Å². The number of nitrogens with zero attached hydrogens (tertiary/aromatic N) is 1. The van der Waals surface area contributed by atoms with Crippen molar-refractivity contribution in [2.24, 2.45) is 0 Å². The Morgan fingerprint density at radius 1 is 1.59 bits per heavy atom. The van der Waals surface area contributed by atoms with Gasteiger partial charge in [0.05, 0.1) is 11.5 Å². The Hall–Kier alpha value is -1.86. The first-order valence-corrected chi connectivity index (χ1v) is 4.96. The van der Waals surface area contributed by atoms with E-state index in [0.29, 0.717) is 11.4 Å². The van der Waals surface area contributed by atoms with E-state index in [4.69, 9.17) is 14.9 Å². The predicted molar refractivity (Wildman–Crippen MR) is 61.2 cm³/mol. The number of aliphatic hydroxyl groups is 2. The second kappa shape index (κ2) is 6.02. The average molecular weight is 242 g/mol. The molecule has 3 N–H and O–H groups in total. The lowest BCUT2D eigenvalue weighted by molar-refractivity contribution is -0.384. The molecule has 0 bridgehead atoms. The Bertz CT molecular complexity index is 396. The Balaban J connectivity index is 2.79. The number of nitrogens with one attached hydrogen (secondary N) is 1. The lowest BCUT2D eigenvalue weighted by Gasteiger charge is -2.11. The SMILES string of the molecule is CNc1cc(OC[C@@H](O)CO)ccc1[N+](=O)[O-]. The molecule has 0 aromatic heterocycles. The summed E-state index contributed by atoms with van der Waals surface area (Å²) in [5.41, 5.74) is 0.272. The molecular weight excluding hydrogens is 228 g/mol. The van der Waals surface area contributed by atoms with Gasteiger partial charge in [-0.05, 0) is 6.07 Å². The second-order valence-corrected chi connectivity index (χ2v) is 3.33. The summed E-state index contributed by atoms with van der Waals surface area (Å²) in [5, 5.41) is 31.0. The quantitative estimate of drug-likeness (QED) is 0.491. The summed E-state index contributed by atoms with van der Waals surface area (Å²) in [6.45, 7) is -0.469. The fourth-order valence-corrected chi connectivity index (χ4v) is 1.21. The number of hydrogen-bond donors (Lipinski definition) is 3. The number of rotatable bonds is 6. The summed E-state index contributed by atoms with van der Waals surface area (Å²) in [6, 6.07) is 4.21. The molecule has 0 aliphatic heterocycles. The molecule has 17 heavy (non-hydrogen) atoms. The number of ether oxygens (including phenoxy) is 1. The number of anilines is 1. The minimum absolute atomic E-state index is 0.0532. The third-order valence-electron chi connectivity index (χ3n) is 2.09. The molecule has 1 aromatic rings. The number of aliphatic hydroxyl groups excluding tert-OH is 2. The maximum Gasteiger partial charge on any atom is 0.292 e. The molecule has 0 spiro atoms. The first kappa shape index (κ1) is 13.2. The highest BCUT2D eigenvalue weighted by atomic mass is 16.6. The third kappa shape index (κ3) is 3.58. The van der Waals surface area contributed by atoms with Crippen molar-refractivity contribution in [1.82, 2.24) is 0 Å². The number of nitro benzene ring substituents is 1. The van der Waals surface area contributed by atoms with Crippen molar-refractivity contribution < 1.29 is 19.9 Å². The topological polar surface area (TPSA) is 105 Å². The molecule has 0 aliphatic carbocycles. The first-order chi connectivity index (χ1) is 8.08. The highest BCUT2D eigenvalue weighted by Gasteiger charge is 2.13. The maximum atomic E-state index is 10.7. The average Bonchev–Trinajstić information content (AvgIpc) is 2.35. The van der Waals surface area contributed by atoms with Crippen LogP contribution in [0.25, 0.3) is 0 Å².